The molecule has 2 aromatic rings. The van der Waals surface area contributed by atoms with E-state index in [1.807, 2.05) is 24.3 Å². The van der Waals surface area contributed by atoms with E-state index < -0.39 is 10.5 Å². The number of hydrogen-bond donors (Lipinski definition) is 2. The van der Waals surface area contributed by atoms with Crippen LogP contribution in [0.2, 0.25) is 0 Å². The number of benzene rings is 2. The number of carbonyl (C=O) groups is 1. The number of carbonyl (C=O) groups excluding carboxylic acids is 1. The molecule has 0 aliphatic heterocycles. The van der Waals surface area contributed by atoms with E-state index in [4.69, 9.17) is 0 Å². The van der Waals surface area contributed by atoms with Gasteiger partial charge in [-0.2, -0.15) is 0 Å². The summed E-state index contributed by atoms with van der Waals surface area (Å²) < 4.78 is 0. The first-order valence-electron chi connectivity index (χ1n) is 8.29. The Morgan fingerprint density at radius 2 is 2.04 bits per heavy atom. The third-order valence-electron chi connectivity index (χ3n) is 4.62. The Balaban J connectivity index is 1.65. The largest absolute Gasteiger partial charge is 0.383 e. The Hall–Kier alpha value is -2.73. The van der Waals surface area contributed by atoms with Gasteiger partial charge >= 0.3 is 0 Å². The molecule has 2 N–H and O–H groups in total. The van der Waals surface area contributed by atoms with Crippen LogP contribution in [0, 0.1) is 10.1 Å². The van der Waals surface area contributed by atoms with Crippen molar-refractivity contribution in [2.24, 2.45) is 0 Å². The average molecular weight is 340 g/mol. The second-order valence-electron chi connectivity index (χ2n) is 6.42. The molecule has 0 radical (unpaired) electrons. The summed E-state index contributed by atoms with van der Waals surface area (Å²) in [7, 11) is 0. The van der Waals surface area contributed by atoms with E-state index in [0.717, 1.165) is 24.0 Å². The zero-order valence-corrected chi connectivity index (χ0v) is 13.8. The van der Waals surface area contributed by atoms with Gasteiger partial charge in [0.05, 0.1) is 17.9 Å². The fraction of sp³-hybridized carbons (Fsp3) is 0.316. The molecule has 0 heterocycles. The number of nitrogens with zero attached hydrogens (tertiary/aromatic N) is 1. The number of aryl methyl sites for hydroxylation is 1. The first-order chi connectivity index (χ1) is 12.0. The van der Waals surface area contributed by atoms with Gasteiger partial charge < -0.3 is 10.4 Å². The minimum atomic E-state index is -1.06. The molecule has 0 unspecified atom stereocenters. The van der Waals surface area contributed by atoms with Crippen LogP contribution in [-0.4, -0.2) is 22.5 Å². The van der Waals surface area contributed by atoms with E-state index in [1.165, 1.54) is 12.1 Å². The summed E-state index contributed by atoms with van der Waals surface area (Å²) in [6.07, 6.45) is 2.44. The average Bonchev–Trinajstić information content (AvgIpc) is 2.61. The van der Waals surface area contributed by atoms with Gasteiger partial charge in [0, 0.05) is 12.1 Å². The highest BCUT2D eigenvalue weighted by Crippen LogP contribution is 2.34. The summed E-state index contributed by atoms with van der Waals surface area (Å²) in [4.78, 5) is 22.5. The lowest BCUT2D eigenvalue weighted by atomic mass is 9.79. The number of aliphatic hydroxyl groups is 1. The topological polar surface area (TPSA) is 92.5 Å². The lowest BCUT2D eigenvalue weighted by Crippen LogP contribution is -2.43. The van der Waals surface area contributed by atoms with Crippen LogP contribution in [0.5, 0.6) is 0 Å². The molecule has 6 nitrogen and oxygen atoms in total. The zero-order valence-electron chi connectivity index (χ0n) is 13.8. The van der Waals surface area contributed by atoms with E-state index >= 15 is 0 Å². The van der Waals surface area contributed by atoms with Crippen molar-refractivity contribution in [2.75, 3.05) is 6.54 Å². The van der Waals surface area contributed by atoms with Crippen LogP contribution in [0.25, 0.3) is 0 Å². The number of nitrogens with one attached hydrogen (secondary N) is 1. The number of fused-ring (bicyclic) bond motifs is 1. The molecule has 0 bridgehead atoms. The smallest absolute Gasteiger partial charge is 0.269 e. The van der Waals surface area contributed by atoms with Crippen LogP contribution < -0.4 is 5.32 Å². The van der Waals surface area contributed by atoms with E-state index in [9.17, 15) is 20.0 Å². The summed E-state index contributed by atoms with van der Waals surface area (Å²) in [5.41, 5.74) is 1.46. The molecule has 2 aromatic carbocycles. The maximum absolute atomic E-state index is 12.2. The molecule has 0 spiro atoms. The molecule has 0 saturated carbocycles. The van der Waals surface area contributed by atoms with Gasteiger partial charge in [-0.05, 0) is 36.0 Å². The number of nitro benzene ring substituents is 1. The maximum atomic E-state index is 12.2. The Kier molecular flexibility index (Phi) is 4.81. The third-order valence-corrected chi connectivity index (χ3v) is 4.62. The highest BCUT2D eigenvalue weighted by atomic mass is 16.6. The zero-order chi connectivity index (χ0) is 17.9. The van der Waals surface area contributed by atoms with Gasteiger partial charge in [-0.15, -0.1) is 0 Å². The van der Waals surface area contributed by atoms with Crippen LogP contribution in [-0.2, 0) is 23.2 Å². The molecule has 25 heavy (non-hydrogen) atoms. The summed E-state index contributed by atoms with van der Waals surface area (Å²) in [6.45, 7) is 0.137. The van der Waals surface area contributed by atoms with Crippen molar-refractivity contribution in [1.29, 1.82) is 0 Å². The van der Waals surface area contributed by atoms with Gasteiger partial charge in [-0.1, -0.05) is 36.4 Å². The number of nitro groups is 1. The van der Waals surface area contributed by atoms with Crippen molar-refractivity contribution in [1.82, 2.24) is 5.32 Å². The second-order valence-corrected chi connectivity index (χ2v) is 6.42. The molecule has 0 fully saturated rings. The van der Waals surface area contributed by atoms with Crippen LogP contribution in [0.1, 0.15) is 29.5 Å². The monoisotopic (exact) mass is 340 g/mol. The van der Waals surface area contributed by atoms with Crippen molar-refractivity contribution in [3.63, 3.8) is 0 Å². The molecule has 1 amide bonds. The van der Waals surface area contributed by atoms with Crippen molar-refractivity contribution in [3.8, 4) is 0 Å². The fourth-order valence-corrected chi connectivity index (χ4v) is 3.35. The molecular weight excluding hydrogens is 320 g/mol. The highest BCUT2D eigenvalue weighted by molar-refractivity contribution is 5.78. The predicted molar refractivity (Wildman–Crippen MR) is 93.1 cm³/mol. The van der Waals surface area contributed by atoms with Crippen molar-refractivity contribution in [3.05, 3.63) is 75.3 Å². The lowest BCUT2D eigenvalue weighted by molar-refractivity contribution is -0.384. The number of hydrogen-bond acceptors (Lipinski definition) is 4. The maximum Gasteiger partial charge on any atom is 0.269 e. The van der Waals surface area contributed by atoms with Crippen LogP contribution in [0.15, 0.2) is 48.5 Å². The Bertz CT molecular complexity index is 806. The minimum Gasteiger partial charge on any atom is -0.383 e. The number of amides is 1. The predicted octanol–water partition coefficient (Wildman–Crippen LogP) is 2.48. The second kappa shape index (κ2) is 7.03. The molecule has 130 valence electrons. The van der Waals surface area contributed by atoms with Gasteiger partial charge in [0.1, 0.15) is 5.60 Å². The Morgan fingerprint density at radius 1 is 1.24 bits per heavy atom. The SMILES string of the molecule is O=C(Cc1cccc([N+](=O)[O-])c1)NC[C@@]1(O)CCCc2ccccc21. The highest BCUT2D eigenvalue weighted by Gasteiger charge is 2.34. The van der Waals surface area contributed by atoms with Crippen molar-refractivity contribution >= 4 is 11.6 Å². The van der Waals surface area contributed by atoms with Gasteiger partial charge in [-0.25, -0.2) is 0 Å². The van der Waals surface area contributed by atoms with Gasteiger partial charge in [0.2, 0.25) is 5.91 Å². The molecule has 1 atom stereocenters. The number of rotatable bonds is 5. The van der Waals surface area contributed by atoms with Crippen LogP contribution in [0.4, 0.5) is 5.69 Å². The summed E-state index contributed by atoms with van der Waals surface area (Å²) >= 11 is 0. The van der Waals surface area contributed by atoms with Crippen molar-refractivity contribution < 1.29 is 14.8 Å². The molecule has 1 aliphatic rings. The minimum absolute atomic E-state index is 0.0369. The third kappa shape index (κ3) is 3.85. The van der Waals surface area contributed by atoms with Crippen LogP contribution >= 0.6 is 0 Å². The molecule has 0 saturated heterocycles. The van der Waals surface area contributed by atoms with Gasteiger partial charge in [0.15, 0.2) is 0 Å². The molecule has 0 aromatic heterocycles. The van der Waals surface area contributed by atoms with Gasteiger partial charge in [-0.3, -0.25) is 14.9 Å². The van der Waals surface area contributed by atoms with E-state index in [2.05, 4.69) is 5.32 Å². The molecule has 1 aliphatic carbocycles. The quantitative estimate of drug-likeness (QED) is 0.646. The van der Waals surface area contributed by atoms with Crippen LogP contribution in [0.3, 0.4) is 0 Å². The standard InChI is InChI=1S/C19H20N2O4/c22-18(12-14-5-3-8-16(11-14)21(24)25)20-13-19(23)10-4-7-15-6-1-2-9-17(15)19/h1-3,5-6,8-9,11,23H,4,7,10,12-13H2,(H,20,22)/t19-/m0/s1. The molecular formula is C19H20N2O4. The summed E-state index contributed by atoms with van der Waals surface area (Å²) in [5, 5.41) is 24.5. The first kappa shape index (κ1) is 17.1. The summed E-state index contributed by atoms with van der Waals surface area (Å²) in [6, 6.07) is 13.8. The van der Waals surface area contributed by atoms with Gasteiger partial charge in [0.25, 0.3) is 5.69 Å². The lowest BCUT2D eigenvalue weighted by Gasteiger charge is -2.34. The normalized spacial score (nSPS) is 19.1. The Labute approximate surface area is 145 Å². The molecule has 3 rings (SSSR count). The fourth-order valence-electron chi connectivity index (χ4n) is 3.35. The Morgan fingerprint density at radius 3 is 2.84 bits per heavy atom. The van der Waals surface area contributed by atoms with Crippen molar-refractivity contribution in [2.45, 2.75) is 31.3 Å². The number of non-ortho nitro benzene ring substituents is 1. The molecule has 6 heteroatoms. The van der Waals surface area contributed by atoms with E-state index in [0.29, 0.717) is 12.0 Å². The van der Waals surface area contributed by atoms with E-state index in [-0.39, 0.29) is 24.6 Å². The summed E-state index contributed by atoms with van der Waals surface area (Å²) in [5.74, 6) is -0.267. The first-order valence-corrected chi connectivity index (χ1v) is 8.29. The van der Waals surface area contributed by atoms with E-state index in [1.54, 1.807) is 12.1 Å².